The van der Waals surface area contributed by atoms with Gasteiger partial charge in [-0.2, -0.15) is 0 Å². The molecule has 0 saturated heterocycles. The molecule has 3 unspecified atom stereocenters. The van der Waals surface area contributed by atoms with Gasteiger partial charge in [0, 0.05) is 17.5 Å². The first-order valence-electron chi connectivity index (χ1n) is 6.43. The van der Waals surface area contributed by atoms with E-state index < -0.39 is 0 Å². The minimum atomic E-state index is 0.169. The minimum absolute atomic E-state index is 0.169. The van der Waals surface area contributed by atoms with Crippen molar-refractivity contribution < 1.29 is 4.79 Å². The summed E-state index contributed by atoms with van der Waals surface area (Å²) < 4.78 is 0. The Morgan fingerprint density at radius 2 is 2.11 bits per heavy atom. The van der Waals surface area contributed by atoms with Crippen molar-refractivity contribution in [3.05, 3.63) is 47.0 Å². The predicted molar refractivity (Wildman–Crippen MR) is 72.1 cm³/mol. The Morgan fingerprint density at radius 3 is 2.78 bits per heavy atom. The van der Waals surface area contributed by atoms with E-state index in [4.69, 9.17) is 11.6 Å². The topological polar surface area (TPSA) is 29.1 Å². The van der Waals surface area contributed by atoms with Gasteiger partial charge < -0.3 is 5.32 Å². The Morgan fingerprint density at radius 1 is 1.28 bits per heavy atom. The number of nitrogens with one attached hydrogen (secondary N) is 1. The molecule has 1 aromatic carbocycles. The van der Waals surface area contributed by atoms with Gasteiger partial charge in [-0.25, -0.2) is 0 Å². The molecule has 1 amide bonds. The summed E-state index contributed by atoms with van der Waals surface area (Å²) in [5, 5.41) is 3.72. The third-order valence-electron chi connectivity index (χ3n) is 4.03. The van der Waals surface area contributed by atoms with E-state index in [9.17, 15) is 4.79 Å². The first kappa shape index (κ1) is 11.8. The minimum Gasteiger partial charge on any atom is -0.352 e. The third-order valence-corrected chi connectivity index (χ3v) is 4.40. The van der Waals surface area contributed by atoms with Crippen LogP contribution in [0.25, 0.3) is 0 Å². The number of halogens is 1. The molecule has 0 aliphatic heterocycles. The Kier molecular flexibility index (Phi) is 3.13. The van der Waals surface area contributed by atoms with Crippen molar-refractivity contribution in [2.24, 2.45) is 17.8 Å². The van der Waals surface area contributed by atoms with E-state index in [1.165, 1.54) is 0 Å². The molecule has 1 fully saturated rings. The summed E-state index contributed by atoms with van der Waals surface area (Å²) in [6, 6.07) is 7.63. The summed E-state index contributed by atoms with van der Waals surface area (Å²) in [6.07, 6.45) is 6.62. The molecule has 2 aliphatic carbocycles. The molecular formula is C15H16ClNO. The summed E-state index contributed by atoms with van der Waals surface area (Å²) >= 11 is 6.07. The van der Waals surface area contributed by atoms with Gasteiger partial charge in [0.05, 0.1) is 0 Å². The van der Waals surface area contributed by atoms with E-state index in [0.29, 0.717) is 23.4 Å². The number of amides is 1. The number of carbonyl (C=O) groups is 1. The van der Waals surface area contributed by atoms with Gasteiger partial charge in [0.15, 0.2) is 0 Å². The zero-order valence-corrected chi connectivity index (χ0v) is 10.9. The highest BCUT2D eigenvalue weighted by molar-refractivity contribution is 6.31. The standard InChI is InChI=1S/C15H16ClNO/c16-14-4-2-1-3-12(14)9-17-15(18)13-8-10-5-6-11(13)7-10/h1-6,10-11,13H,7-9H2,(H,17,18). The molecule has 94 valence electrons. The van der Waals surface area contributed by atoms with Crippen molar-refractivity contribution >= 4 is 17.5 Å². The third kappa shape index (κ3) is 2.17. The number of rotatable bonds is 3. The molecule has 2 aliphatic rings. The first-order valence-corrected chi connectivity index (χ1v) is 6.81. The zero-order valence-electron chi connectivity index (χ0n) is 10.1. The molecule has 1 N–H and O–H groups in total. The SMILES string of the molecule is O=C(NCc1ccccc1Cl)C1CC2C=CC1C2. The first-order chi connectivity index (χ1) is 8.74. The number of fused-ring (bicyclic) bond motifs is 2. The Hall–Kier alpha value is -1.28. The van der Waals surface area contributed by atoms with Crippen LogP contribution < -0.4 is 5.32 Å². The van der Waals surface area contributed by atoms with Gasteiger partial charge in [-0.15, -0.1) is 0 Å². The van der Waals surface area contributed by atoms with Crippen LogP contribution in [0.1, 0.15) is 18.4 Å². The maximum Gasteiger partial charge on any atom is 0.223 e. The summed E-state index contributed by atoms with van der Waals surface area (Å²) in [4.78, 5) is 12.1. The fourth-order valence-electron chi connectivity index (χ4n) is 3.04. The van der Waals surface area contributed by atoms with E-state index in [1.807, 2.05) is 24.3 Å². The Labute approximate surface area is 112 Å². The highest BCUT2D eigenvalue weighted by atomic mass is 35.5. The van der Waals surface area contributed by atoms with E-state index in [0.717, 1.165) is 18.4 Å². The van der Waals surface area contributed by atoms with Crippen molar-refractivity contribution in [1.82, 2.24) is 5.32 Å². The molecule has 2 bridgehead atoms. The van der Waals surface area contributed by atoms with Gasteiger partial charge in [-0.3, -0.25) is 4.79 Å². The number of hydrogen-bond donors (Lipinski definition) is 1. The van der Waals surface area contributed by atoms with Crippen molar-refractivity contribution in [3.8, 4) is 0 Å². The number of carbonyl (C=O) groups excluding carboxylic acids is 1. The summed E-state index contributed by atoms with van der Waals surface area (Å²) in [7, 11) is 0. The fourth-order valence-corrected chi connectivity index (χ4v) is 3.24. The molecule has 3 rings (SSSR count). The molecule has 0 heterocycles. The molecule has 3 heteroatoms. The Bertz CT molecular complexity index is 497. The van der Waals surface area contributed by atoms with Crippen LogP contribution in [0.3, 0.4) is 0 Å². The predicted octanol–water partition coefficient (Wildman–Crippen LogP) is 3.17. The van der Waals surface area contributed by atoms with Gasteiger partial charge in [-0.1, -0.05) is 42.0 Å². The average Bonchev–Trinajstić information content (AvgIpc) is 2.99. The monoisotopic (exact) mass is 261 g/mol. The van der Waals surface area contributed by atoms with E-state index in [2.05, 4.69) is 17.5 Å². The van der Waals surface area contributed by atoms with Crippen molar-refractivity contribution in [3.63, 3.8) is 0 Å². The summed E-state index contributed by atoms with van der Waals surface area (Å²) in [5.41, 5.74) is 0.978. The number of benzene rings is 1. The second kappa shape index (κ2) is 4.77. The maximum absolute atomic E-state index is 12.1. The quantitative estimate of drug-likeness (QED) is 0.832. The number of hydrogen-bond acceptors (Lipinski definition) is 1. The average molecular weight is 262 g/mol. The largest absolute Gasteiger partial charge is 0.352 e. The van der Waals surface area contributed by atoms with Crippen LogP contribution in [0.5, 0.6) is 0 Å². The van der Waals surface area contributed by atoms with Crippen LogP contribution in [-0.4, -0.2) is 5.91 Å². The van der Waals surface area contributed by atoms with E-state index in [-0.39, 0.29) is 11.8 Å². The lowest BCUT2D eigenvalue weighted by atomic mass is 9.93. The van der Waals surface area contributed by atoms with E-state index >= 15 is 0 Å². The van der Waals surface area contributed by atoms with Crippen LogP contribution in [-0.2, 0) is 11.3 Å². The van der Waals surface area contributed by atoms with Gasteiger partial charge >= 0.3 is 0 Å². The molecule has 18 heavy (non-hydrogen) atoms. The van der Waals surface area contributed by atoms with Crippen LogP contribution in [0, 0.1) is 17.8 Å². The van der Waals surface area contributed by atoms with Crippen LogP contribution in [0.15, 0.2) is 36.4 Å². The Balaban J connectivity index is 1.59. The molecule has 1 aromatic rings. The highest BCUT2D eigenvalue weighted by Gasteiger charge is 2.39. The normalized spacial score (nSPS) is 28.6. The maximum atomic E-state index is 12.1. The zero-order chi connectivity index (χ0) is 12.5. The van der Waals surface area contributed by atoms with Crippen LogP contribution >= 0.6 is 11.6 Å². The van der Waals surface area contributed by atoms with Crippen molar-refractivity contribution in [2.45, 2.75) is 19.4 Å². The lowest BCUT2D eigenvalue weighted by Crippen LogP contribution is -2.32. The van der Waals surface area contributed by atoms with E-state index in [1.54, 1.807) is 0 Å². The van der Waals surface area contributed by atoms with Gasteiger partial charge in [0.2, 0.25) is 5.91 Å². The molecule has 0 aromatic heterocycles. The van der Waals surface area contributed by atoms with Gasteiger partial charge in [0.25, 0.3) is 0 Å². The fraction of sp³-hybridized carbons (Fsp3) is 0.400. The molecule has 0 radical (unpaired) electrons. The molecular weight excluding hydrogens is 246 g/mol. The van der Waals surface area contributed by atoms with Crippen molar-refractivity contribution in [1.29, 1.82) is 0 Å². The molecule has 0 spiro atoms. The lowest BCUT2D eigenvalue weighted by molar-refractivity contribution is -0.125. The van der Waals surface area contributed by atoms with Crippen molar-refractivity contribution in [2.75, 3.05) is 0 Å². The second-order valence-electron chi connectivity index (χ2n) is 5.20. The summed E-state index contributed by atoms with van der Waals surface area (Å²) in [5.74, 6) is 1.43. The van der Waals surface area contributed by atoms with Crippen LogP contribution in [0.2, 0.25) is 5.02 Å². The molecule has 1 saturated carbocycles. The smallest absolute Gasteiger partial charge is 0.223 e. The van der Waals surface area contributed by atoms with Gasteiger partial charge in [-0.05, 0) is 36.3 Å². The second-order valence-corrected chi connectivity index (χ2v) is 5.60. The number of allylic oxidation sites excluding steroid dienone is 2. The highest BCUT2D eigenvalue weighted by Crippen LogP contribution is 2.43. The van der Waals surface area contributed by atoms with Gasteiger partial charge in [0.1, 0.15) is 0 Å². The molecule has 2 nitrogen and oxygen atoms in total. The lowest BCUT2D eigenvalue weighted by Gasteiger charge is -2.17. The van der Waals surface area contributed by atoms with Crippen LogP contribution in [0.4, 0.5) is 0 Å². The molecule has 3 atom stereocenters. The summed E-state index contributed by atoms with van der Waals surface area (Å²) in [6.45, 7) is 0.524.